The number of rotatable bonds is 7. The van der Waals surface area contributed by atoms with Crippen molar-refractivity contribution < 1.29 is 19.0 Å². The lowest BCUT2D eigenvalue weighted by molar-refractivity contribution is 0.0942. The molecule has 1 saturated heterocycles. The van der Waals surface area contributed by atoms with Crippen molar-refractivity contribution >= 4 is 11.6 Å². The van der Waals surface area contributed by atoms with Crippen LogP contribution < -0.4 is 19.7 Å². The summed E-state index contributed by atoms with van der Waals surface area (Å²) in [6.45, 7) is 5.95. The van der Waals surface area contributed by atoms with Crippen LogP contribution in [-0.4, -0.2) is 63.9 Å². The number of morpholine rings is 1. The van der Waals surface area contributed by atoms with Crippen molar-refractivity contribution in [3.8, 4) is 11.5 Å². The Balaban J connectivity index is 1.22. The van der Waals surface area contributed by atoms with Crippen LogP contribution in [0.5, 0.6) is 11.5 Å². The van der Waals surface area contributed by atoms with E-state index in [1.807, 2.05) is 60.7 Å². The lowest BCUT2D eigenvalue weighted by Gasteiger charge is -2.28. The third-order valence-electron chi connectivity index (χ3n) is 6.76. The van der Waals surface area contributed by atoms with Crippen LogP contribution in [0.25, 0.3) is 0 Å². The summed E-state index contributed by atoms with van der Waals surface area (Å²) in [7, 11) is 1.68. The number of nitrogens with zero attached hydrogens (tertiary/aromatic N) is 2. The fourth-order valence-electron chi connectivity index (χ4n) is 4.82. The summed E-state index contributed by atoms with van der Waals surface area (Å²) >= 11 is 0. The standard InChI is InChI=1S/C29H33N3O4/c1-34-27-9-5-3-7-25(27)28-21-31(20-23-6-2-4-8-26(23)36-28)15-14-30-29(33)22-10-12-24(13-11-22)32-16-18-35-19-17-32/h2-13,28H,14-21H2,1H3,(H,30,33)/t28-/m0/s1. The van der Waals surface area contributed by atoms with Gasteiger partial charge in [-0.15, -0.1) is 0 Å². The molecule has 1 amide bonds. The summed E-state index contributed by atoms with van der Waals surface area (Å²) < 4.78 is 17.5. The van der Waals surface area contributed by atoms with Gasteiger partial charge in [-0.25, -0.2) is 0 Å². The molecule has 1 N–H and O–H groups in total. The molecule has 1 fully saturated rings. The molecule has 2 aliphatic rings. The largest absolute Gasteiger partial charge is 0.496 e. The van der Waals surface area contributed by atoms with Gasteiger partial charge in [-0.2, -0.15) is 0 Å². The van der Waals surface area contributed by atoms with E-state index in [-0.39, 0.29) is 12.0 Å². The van der Waals surface area contributed by atoms with Crippen molar-refractivity contribution in [3.05, 3.63) is 89.5 Å². The molecule has 3 aromatic rings. The van der Waals surface area contributed by atoms with E-state index in [2.05, 4.69) is 27.2 Å². The summed E-state index contributed by atoms with van der Waals surface area (Å²) in [4.78, 5) is 17.4. The van der Waals surface area contributed by atoms with E-state index >= 15 is 0 Å². The van der Waals surface area contributed by atoms with Crippen LogP contribution in [0, 0.1) is 0 Å². The molecule has 3 aromatic carbocycles. The summed E-state index contributed by atoms with van der Waals surface area (Å²) in [6, 6.07) is 24.0. The fraction of sp³-hybridized carbons (Fsp3) is 0.345. The first-order chi connectivity index (χ1) is 17.7. The van der Waals surface area contributed by atoms with E-state index < -0.39 is 0 Å². The number of carbonyl (C=O) groups excluding carboxylic acids is 1. The molecular weight excluding hydrogens is 454 g/mol. The number of fused-ring (bicyclic) bond motifs is 1. The first-order valence-electron chi connectivity index (χ1n) is 12.5. The van der Waals surface area contributed by atoms with Crippen LogP contribution in [0.1, 0.15) is 27.6 Å². The maximum Gasteiger partial charge on any atom is 0.251 e. The summed E-state index contributed by atoms with van der Waals surface area (Å²) in [5.41, 5.74) is 3.95. The van der Waals surface area contributed by atoms with Gasteiger partial charge in [0, 0.05) is 61.6 Å². The van der Waals surface area contributed by atoms with Gasteiger partial charge in [-0.05, 0) is 36.4 Å². The molecule has 0 saturated carbocycles. The van der Waals surface area contributed by atoms with Crippen molar-refractivity contribution in [2.24, 2.45) is 0 Å². The van der Waals surface area contributed by atoms with Crippen LogP contribution in [-0.2, 0) is 11.3 Å². The minimum absolute atomic E-state index is 0.0590. The molecule has 2 aliphatic heterocycles. The van der Waals surface area contributed by atoms with E-state index in [4.69, 9.17) is 14.2 Å². The van der Waals surface area contributed by atoms with Crippen molar-refractivity contribution in [2.75, 3.05) is 57.9 Å². The molecule has 36 heavy (non-hydrogen) atoms. The number of benzene rings is 3. The molecular formula is C29H33N3O4. The van der Waals surface area contributed by atoms with Crippen LogP contribution in [0.15, 0.2) is 72.8 Å². The second-order valence-electron chi connectivity index (χ2n) is 9.09. The zero-order valence-electron chi connectivity index (χ0n) is 20.7. The van der Waals surface area contributed by atoms with Crippen LogP contribution in [0.4, 0.5) is 5.69 Å². The number of hydrogen-bond donors (Lipinski definition) is 1. The Labute approximate surface area is 212 Å². The predicted molar refractivity (Wildman–Crippen MR) is 140 cm³/mol. The number of methoxy groups -OCH3 is 1. The smallest absolute Gasteiger partial charge is 0.251 e. The molecule has 7 heteroatoms. The summed E-state index contributed by atoms with van der Waals surface area (Å²) in [5, 5.41) is 3.09. The number of hydrogen-bond acceptors (Lipinski definition) is 6. The Morgan fingerprint density at radius 1 is 1.00 bits per heavy atom. The van der Waals surface area contributed by atoms with Crippen LogP contribution >= 0.6 is 0 Å². The van der Waals surface area contributed by atoms with E-state index in [9.17, 15) is 4.79 Å². The first-order valence-corrected chi connectivity index (χ1v) is 12.5. The molecule has 0 spiro atoms. The summed E-state index contributed by atoms with van der Waals surface area (Å²) in [6.07, 6.45) is -0.173. The van der Waals surface area contributed by atoms with Gasteiger partial charge < -0.3 is 24.4 Å². The first kappa shape index (κ1) is 24.2. The molecule has 0 aliphatic carbocycles. The number of amides is 1. The average Bonchev–Trinajstić information content (AvgIpc) is 3.12. The minimum atomic E-state index is -0.173. The number of para-hydroxylation sites is 2. The lowest BCUT2D eigenvalue weighted by Crippen LogP contribution is -2.37. The molecule has 0 radical (unpaired) electrons. The zero-order chi connectivity index (χ0) is 24.7. The summed E-state index contributed by atoms with van der Waals surface area (Å²) in [5.74, 6) is 1.65. The van der Waals surface area contributed by atoms with Gasteiger partial charge in [0.05, 0.1) is 20.3 Å². The van der Waals surface area contributed by atoms with E-state index in [1.165, 1.54) is 0 Å². The van der Waals surface area contributed by atoms with E-state index in [0.717, 1.165) is 61.2 Å². The average molecular weight is 488 g/mol. The van der Waals surface area contributed by atoms with Crippen LogP contribution in [0.2, 0.25) is 0 Å². The van der Waals surface area contributed by atoms with Gasteiger partial charge in [0.2, 0.25) is 0 Å². The van der Waals surface area contributed by atoms with Crippen molar-refractivity contribution in [2.45, 2.75) is 12.6 Å². The third kappa shape index (κ3) is 5.64. The molecule has 2 heterocycles. The fourth-order valence-corrected chi connectivity index (χ4v) is 4.82. The van der Waals surface area contributed by atoms with E-state index in [0.29, 0.717) is 25.2 Å². The Kier molecular flexibility index (Phi) is 7.69. The Hall–Kier alpha value is -3.55. The maximum atomic E-state index is 12.8. The van der Waals surface area contributed by atoms with E-state index in [1.54, 1.807) is 7.11 Å². The molecule has 7 nitrogen and oxygen atoms in total. The molecule has 1 atom stereocenters. The Morgan fingerprint density at radius 3 is 2.56 bits per heavy atom. The van der Waals surface area contributed by atoms with Gasteiger partial charge >= 0.3 is 0 Å². The van der Waals surface area contributed by atoms with Gasteiger partial charge in [-0.3, -0.25) is 9.69 Å². The molecule has 0 aromatic heterocycles. The molecule has 0 bridgehead atoms. The van der Waals surface area contributed by atoms with Crippen molar-refractivity contribution in [3.63, 3.8) is 0 Å². The number of ether oxygens (including phenoxy) is 3. The molecule has 188 valence electrons. The lowest BCUT2D eigenvalue weighted by atomic mass is 10.1. The SMILES string of the molecule is COc1ccccc1[C@@H]1CN(CCNC(=O)c2ccc(N3CCOCC3)cc2)Cc2ccccc2O1. The Morgan fingerprint density at radius 2 is 1.75 bits per heavy atom. The number of anilines is 1. The highest BCUT2D eigenvalue weighted by Crippen LogP contribution is 2.34. The Bertz CT molecular complexity index is 1160. The van der Waals surface area contributed by atoms with Gasteiger partial charge in [-0.1, -0.05) is 36.4 Å². The van der Waals surface area contributed by atoms with Gasteiger partial charge in [0.25, 0.3) is 5.91 Å². The highest BCUT2D eigenvalue weighted by atomic mass is 16.5. The number of nitrogens with one attached hydrogen (secondary N) is 1. The van der Waals surface area contributed by atoms with Crippen molar-refractivity contribution in [1.29, 1.82) is 0 Å². The maximum absolute atomic E-state index is 12.8. The normalized spacial score (nSPS) is 18.0. The highest BCUT2D eigenvalue weighted by Gasteiger charge is 2.26. The quantitative estimate of drug-likeness (QED) is 0.546. The highest BCUT2D eigenvalue weighted by molar-refractivity contribution is 5.94. The van der Waals surface area contributed by atoms with Gasteiger partial charge in [0.15, 0.2) is 0 Å². The topological polar surface area (TPSA) is 63.3 Å². The van der Waals surface area contributed by atoms with Crippen molar-refractivity contribution in [1.82, 2.24) is 10.2 Å². The third-order valence-corrected chi connectivity index (χ3v) is 6.76. The zero-order valence-corrected chi connectivity index (χ0v) is 20.7. The minimum Gasteiger partial charge on any atom is -0.496 e. The van der Waals surface area contributed by atoms with Crippen LogP contribution in [0.3, 0.4) is 0 Å². The van der Waals surface area contributed by atoms with Gasteiger partial charge in [0.1, 0.15) is 17.6 Å². The monoisotopic (exact) mass is 487 g/mol. The molecule has 5 rings (SSSR count). The molecule has 0 unspecified atom stereocenters. The predicted octanol–water partition coefficient (Wildman–Crippen LogP) is 3.90. The second kappa shape index (κ2) is 11.5. The number of carbonyl (C=O) groups is 1. The second-order valence-corrected chi connectivity index (χ2v) is 9.09.